The van der Waals surface area contributed by atoms with Crippen LogP contribution in [0.3, 0.4) is 0 Å². The van der Waals surface area contributed by atoms with Crippen LogP contribution >= 0.6 is 0 Å². The van der Waals surface area contributed by atoms with Crippen LogP contribution in [-0.4, -0.2) is 176 Å². The topological polar surface area (TPSA) is 284 Å². The van der Waals surface area contributed by atoms with E-state index in [1.165, 1.54) is 0 Å². The second-order valence-corrected chi connectivity index (χ2v) is 9.01. The Morgan fingerprint density at radius 3 is 1.57 bits per heavy atom. The zero-order chi connectivity index (χ0) is 27.4. The van der Waals surface area contributed by atoms with Gasteiger partial charge >= 0.3 is 0 Å². The number of ether oxygens (including phenoxy) is 6. The molecule has 2 unspecified atom stereocenters. The summed E-state index contributed by atoms with van der Waals surface area (Å²) in [5, 5.41) is 101. The molecule has 0 aliphatic carbocycles. The van der Waals surface area contributed by atoms with Gasteiger partial charge < -0.3 is 85.2 Å². The van der Waals surface area contributed by atoms with Crippen LogP contribution in [0.5, 0.6) is 0 Å². The summed E-state index contributed by atoms with van der Waals surface area (Å²) in [5.74, 6) is 0. The lowest BCUT2D eigenvalue weighted by atomic mass is 9.96. The van der Waals surface area contributed by atoms with Gasteiger partial charge in [0.05, 0.1) is 26.4 Å². The molecular formula is C20H37NO16. The van der Waals surface area contributed by atoms with Gasteiger partial charge in [-0.25, -0.2) is 0 Å². The molecule has 0 spiro atoms. The first-order valence-electron chi connectivity index (χ1n) is 11.8. The first-order chi connectivity index (χ1) is 17.5. The molecule has 0 aromatic carbocycles. The Morgan fingerprint density at radius 1 is 0.541 bits per heavy atom. The molecule has 0 radical (unpaired) electrons. The lowest BCUT2D eigenvalue weighted by Crippen LogP contribution is -2.65. The molecule has 3 aliphatic heterocycles. The van der Waals surface area contributed by atoms with E-state index in [2.05, 4.69) is 0 Å². The smallest absolute Gasteiger partial charge is 0.187 e. The maximum atomic E-state index is 10.9. The molecule has 17 nitrogen and oxygen atoms in total. The molecule has 3 aliphatic rings. The minimum absolute atomic E-state index is 0.0411. The Balaban J connectivity index is 1.73. The summed E-state index contributed by atoms with van der Waals surface area (Å²) in [6.45, 7) is -2.01. The summed E-state index contributed by atoms with van der Waals surface area (Å²) in [5.41, 5.74) is 5.43. The fourth-order valence-corrected chi connectivity index (χ4v) is 4.25. The van der Waals surface area contributed by atoms with E-state index in [9.17, 15) is 51.1 Å². The van der Waals surface area contributed by atoms with Crippen LogP contribution in [0.25, 0.3) is 0 Å². The minimum Gasteiger partial charge on any atom is -0.394 e. The number of aliphatic hydroxyl groups excluding tert-OH is 10. The van der Waals surface area contributed by atoms with Gasteiger partial charge in [-0.3, -0.25) is 0 Å². The highest BCUT2D eigenvalue weighted by Crippen LogP contribution is 2.30. The molecule has 0 bridgehead atoms. The van der Waals surface area contributed by atoms with Gasteiger partial charge in [0.25, 0.3) is 0 Å². The van der Waals surface area contributed by atoms with Crippen LogP contribution in [0, 0.1) is 0 Å². The van der Waals surface area contributed by atoms with Crippen molar-refractivity contribution in [3.63, 3.8) is 0 Å². The quantitative estimate of drug-likeness (QED) is 0.121. The third kappa shape index (κ3) is 6.73. The first-order valence-corrected chi connectivity index (χ1v) is 11.8. The van der Waals surface area contributed by atoms with Crippen LogP contribution in [0.4, 0.5) is 0 Å². The number of aliphatic hydroxyl groups is 10. The molecule has 0 aromatic rings. The maximum Gasteiger partial charge on any atom is 0.187 e. The number of rotatable bonds is 10. The van der Waals surface area contributed by atoms with E-state index in [4.69, 9.17) is 34.2 Å². The van der Waals surface area contributed by atoms with E-state index in [-0.39, 0.29) is 13.2 Å². The molecule has 0 saturated carbocycles. The van der Waals surface area contributed by atoms with Crippen molar-refractivity contribution >= 4 is 0 Å². The summed E-state index contributed by atoms with van der Waals surface area (Å²) in [6, 6.07) is 0. The summed E-state index contributed by atoms with van der Waals surface area (Å²) in [4.78, 5) is 0. The van der Waals surface area contributed by atoms with Gasteiger partial charge in [-0.15, -0.1) is 0 Å². The molecule has 0 aromatic heterocycles. The van der Waals surface area contributed by atoms with Gasteiger partial charge in [-0.1, -0.05) is 0 Å². The maximum absolute atomic E-state index is 10.9. The minimum atomic E-state index is -1.83. The molecule has 3 fully saturated rings. The normalized spacial score (nSPS) is 49.2. The predicted molar refractivity (Wildman–Crippen MR) is 114 cm³/mol. The largest absolute Gasteiger partial charge is 0.394 e. The zero-order valence-electron chi connectivity index (χ0n) is 19.7. The number of hydrogen-bond donors (Lipinski definition) is 11. The Hall–Kier alpha value is -0.680. The van der Waals surface area contributed by atoms with E-state index < -0.39 is 112 Å². The first kappa shape index (κ1) is 30.9. The molecule has 3 heterocycles. The monoisotopic (exact) mass is 547 g/mol. The Labute approximate surface area is 211 Å². The van der Waals surface area contributed by atoms with Crippen LogP contribution in [0.15, 0.2) is 0 Å². The average Bonchev–Trinajstić information content (AvgIpc) is 2.89. The van der Waals surface area contributed by atoms with Crippen molar-refractivity contribution in [1.82, 2.24) is 0 Å². The summed E-state index contributed by atoms with van der Waals surface area (Å²) < 4.78 is 32.4. The summed E-state index contributed by atoms with van der Waals surface area (Å²) in [7, 11) is 0. The van der Waals surface area contributed by atoms with Crippen molar-refractivity contribution in [3.8, 4) is 0 Å². The van der Waals surface area contributed by atoms with E-state index >= 15 is 0 Å². The molecule has 218 valence electrons. The highest BCUT2D eigenvalue weighted by Gasteiger charge is 2.52. The van der Waals surface area contributed by atoms with E-state index in [1.54, 1.807) is 0 Å². The lowest BCUT2D eigenvalue weighted by molar-refractivity contribution is -0.365. The highest BCUT2D eigenvalue weighted by atomic mass is 16.7. The van der Waals surface area contributed by atoms with Gasteiger partial charge in [-0.05, 0) is 0 Å². The molecule has 15 atom stereocenters. The van der Waals surface area contributed by atoms with Crippen molar-refractivity contribution in [1.29, 1.82) is 0 Å². The lowest BCUT2D eigenvalue weighted by Gasteiger charge is -2.46. The van der Waals surface area contributed by atoms with Gasteiger partial charge in [0.1, 0.15) is 73.2 Å². The van der Waals surface area contributed by atoms with E-state index in [1.807, 2.05) is 0 Å². The van der Waals surface area contributed by atoms with Gasteiger partial charge in [-0.2, -0.15) is 0 Å². The second-order valence-electron chi connectivity index (χ2n) is 9.01. The molecular weight excluding hydrogens is 510 g/mol. The molecule has 37 heavy (non-hydrogen) atoms. The molecule has 17 heteroatoms. The third-order valence-electron chi connectivity index (χ3n) is 6.45. The van der Waals surface area contributed by atoms with Crippen molar-refractivity contribution in [3.05, 3.63) is 0 Å². The zero-order valence-corrected chi connectivity index (χ0v) is 19.7. The average molecular weight is 548 g/mol. The fourth-order valence-electron chi connectivity index (χ4n) is 4.25. The van der Waals surface area contributed by atoms with Crippen LogP contribution in [0.1, 0.15) is 0 Å². The standard InChI is InChI=1S/C20H37NO16/c21-1-2-32-19-16(31)17(37-20-15(30)13(28)10(25)7(4-23)35-20)11(26)8(36-19)5-33-18-14(29)12(27)9(24)6(3-22)34-18/h6-20,22-31H,1-5,21H2/t6-,7-,8-,9-,10-,11-,12?,13+,14?,15+,16+,17+,18+,19+,20-/m1/s1. The third-order valence-corrected chi connectivity index (χ3v) is 6.45. The van der Waals surface area contributed by atoms with Crippen LogP contribution in [0.2, 0.25) is 0 Å². The molecule has 3 saturated heterocycles. The Morgan fingerprint density at radius 2 is 1.03 bits per heavy atom. The Bertz CT molecular complexity index is 689. The number of nitrogens with two attached hydrogens (primary N) is 1. The molecule has 0 amide bonds. The molecule has 3 rings (SSSR count). The SMILES string of the molecule is NCCO[C@H]1O[C@H](CO[C@H]2O[C@H](CO)[C@@H](O)C(O)C2O)[C@@H](O)[C@H](O[C@H]2O[C@H](CO)[C@@H](O)[C@H](O)[C@@H]2O)[C@@H]1O. The van der Waals surface area contributed by atoms with Crippen molar-refractivity contribution < 1.29 is 79.5 Å². The van der Waals surface area contributed by atoms with Gasteiger partial charge in [0.2, 0.25) is 0 Å². The molecule has 12 N–H and O–H groups in total. The van der Waals surface area contributed by atoms with E-state index in [0.29, 0.717) is 0 Å². The predicted octanol–water partition coefficient (Wildman–Crippen LogP) is -7.59. The van der Waals surface area contributed by atoms with E-state index in [0.717, 1.165) is 0 Å². The van der Waals surface area contributed by atoms with Crippen molar-refractivity contribution in [2.24, 2.45) is 5.73 Å². The second kappa shape index (κ2) is 13.6. The summed E-state index contributed by atoms with van der Waals surface area (Å²) >= 11 is 0. The fraction of sp³-hybridized carbons (Fsp3) is 1.00. The summed E-state index contributed by atoms with van der Waals surface area (Å²) in [6.07, 6.45) is -23.9. The highest BCUT2D eigenvalue weighted by molar-refractivity contribution is 4.95. The van der Waals surface area contributed by atoms with Crippen LogP contribution < -0.4 is 5.73 Å². The number of hydrogen-bond acceptors (Lipinski definition) is 17. The Kier molecular flexibility index (Phi) is 11.3. The van der Waals surface area contributed by atoms with Crippen LogP contribution in [-0.2, 0) is 28.4 Å². The van der Waals surface area contributed by atoms with Gasteiger partial charge in [0, 0.05) is 6.54 Å². The van der Waals surface area contributed by atoms with Gasteiger partial charge in [0.15, 0.2) is 18.9 Å². The van der Waals surface area contributed by atoms with Crippen molar-refractivity contribution in [2.75, 3.05) is 33.0 Å². The van der Waals surface area contributed by atoms with Crippen molar-refractivity contribution in [2.45, 2.75) is 92.1 Å².